The summed E-state index contributed by atoms with van der Waals surface area (Å²) >= 11 is 5.85. The first-order chi connectivity index (χ1) is 11.2. The van der Waals surface area contributed by atoms with Crippen molar-refractivity contribution in [2.24, 2.45) is 0 Å². The molecule has 0 unspecified atom stereocenters. The van der Waals surface area contributed by atoms with Crippen LogP contribution in [0.25, 0.3) is 0 Å². The van der Waals surface area contributed by atoms with Gasteiger partial charge in [0.15, 0.2) is 0 Å². The lowest BCUT2D eigenvalue weighted by Crippen LogP contribution is -2.38. The molecule has 0 aliphatic carbocycles. The van der Waals surface area contributed by atoms with Gasteiger partial charge in [0.25, 0.3) is 0 Å². The van der Waals surface area contributed by atoms with Gasteiger partial charge in [0.2, 0.25) is 0 Å². The van der Waals surface area contributed by atoms with E-state index in [9.17, 15) is 4.79 Å². The van der Waals surface area contributed by atoms with Crippen LogP contribution in [-0.2, 0) is 19.0 Å². The molecule has 1 fully saturated rings. The van der Waals surface area contributed by atoms with E-state index < -0.39 is 0 Å². The fourth-order valence-corrected chi connectivity index (χ4v) is 2.51. The van der Waals surface area contributed by atoms with Crippen LogP contribution in [0.2, 0.25) is 5.02 Å². The number of carbonyl (C=O) groups is 1. The van der Waals surface area contributed by atoms with E-state index in [1.54, 1.807) is 13.3 Å². The quantitative estimate of drug-likeness (QED) is 0.533. The maximum atomic E-state index is 11.8. The molecule has 2 rings (SSSR count). The number of rotatable bonds is 8. The maximum absolute atomic E-state index is 11.8. The van der Waals surface area contributed by atoms with Gasteiger partial charge in [-0.2, -0.15) is 0 Å². The van der Waals surface area contributed by atoms with Gasteiger partial charge in [-0.1, -0.05) is 11.6 Å². The maximum Gasteiger partial charge on any atom is 0.308 e. The summed E-state index contributed by atoms with van der Waals surface area (Å²) in [6.45, 7) is 3.03. The highest BCUT2D eigenvalue weighted by Gasteiger charge is 2.22. The standard InChI is InChI=1S/C16H23ClN2O4/c1-21-10-11-22-9-6-16(20)23-14-4-7-19(8-5-14)15-3-2-13(17)12-18-15/h2-3,12,14H,4-11H2,1H3. The molecule has 0 spiro atoms. The van der Waals surface area contributed by atoms with Crippen LogP contribution in [0.5, 0.6) is 0 Å². The highest BCUT2D eigenvalue weighted by atomic mass is 35.5. The molecule has 1 aromatic heterocycles. The Morgan fingerprint density at radius 3 is 2.74 bits per heavy atom. The fraction of sp³-hybridized carbons (Fsp3) is 0.625. The van der Waals surface area contributed by atoms with Gasteiger partial charge in [-0.05, 0) is 12.1 Å². The third-order valence-electron chi connectivity index (χ3n) is 3.66. The highest BCUT2D eigenvalue weighted by Crippen LogP contribution is 2.21. The van der Waals surface area contributed by atoms with Crippen molar-refractivity contribution in [3.05, 3.63) is 23.4 Å². The summed E-state index contributed by atoms with van der Waals surface area (Å²) in [6, 6.07) is 3.74. The molecule has 0 amide bonds. The van der Waals surface area contributed by atoms with Crippen LogP contribution in [0.4, 0.5) is 5.82 Å². The summed E-state index contributed by atoms with van der Waals surface area (Å²) in [7, 11) is 1.61. The number of hydrogen-bond acceptors (Lipinski definition) is 6. The summed E-state index contributed by atoms with van der Waals surface area (Å²) in [5.74, 6) is 0.705. The molecule has 2 heterocycles. The zero-order chi connectivity index (χ0) is 16.5. The molecule has 0 radical (unpaired) electrons. The molecule has 1 aliphatic heterocycles. The van der Waals surface area contributed by atoms with Crippen molar-refractivity contribution in [1.82, 2.24) is 4.98 Å². The van der Waals surface area contributed by atoms with Crippen molar-refractivity contribution < 1.29 is 19.0 Å². The van der Waals surface area contributed by atoms with Crippen molar-refractivity contribution >= 4 is 23.4 Å². The Kier molecular flexibility index (Phi) is 7.58. The Hall–Kier alpha value is -1.37. The minimum Gasteiger partial charge on any atom is -0.462 e. The van der Waals surface area contributed by atoms with Gasteiger partial charge in [-0.15, -0.1) is 0 Å². The van der Waals surface area contributed by atoms with Crippen LogP contribution in [0.3, 0.4) is 0 Å². The van der Waals surface area contributed by atoms with E-state index in [-0.39, 0.29) is 18.5 Å². The normalized spacial score (nSPS) is 15.7. The summed E-state index contributed by atoms with van der Waals surface area (Å²) in [5, 5.41) is 0.630. The molecule has 0 N–H and O–H groups in total. The van der Waals surface area contributed by atoms with E-state index in [1.165, 1.54) is 0 Å². The summed E-state index contributed by atoms with van der Waals surface area (Å²) in [4.78, 5) is 18.2. The van der Waals surface area contributed by atoms with Crippen molar-refractivity contribution in [2.75, 3.05) is 44.9 Å². The summed E-state index contributed by atoms with van der Waals surface area (Å²) in [5.41, 5.74) is 0. The number of nitrogens with zero attached hydrogens (tertiary/aromatic N) is 2. The molecular weight excluding hydrogens is 320 g/mol. The first kappa shape index (κ1) is 18.0. The molecule has 0 saturated carbocycles. The minimum absolute atomic E-state index is 0.0231. The number of pyridine rings is 1. The monoisotopic (exact) mass is 342 g/mol. The van der Waals surface area contributed by atoms with E-state index in [0.717, 1.165) is 31.7 Å². The molecule has 23 heavy (non-hydrogen) atoms. The van der Waals surface area contributed by atoms with E-state index >= 15 is 0 Å². The third kappa shape index (κ3) is 6.33. The molecule has 6 nitrogen and oxygen atoms in total. The lowest BCUT2D eigenvalue weighted by Gasteiger charge is -2.32. The van der Waals surface area contributed by atoms with Crippen LogP contribution < -0.4 is 4.90 Å². The number of piperidine rings is 1. The number of anilines is 1. The molecule has 0 aromatic carbocycles. The van der Waals surface area contributed by atoms with Crippen LogP contribution in [0.15, 0.2) is 18.3 Å². The number of halogens is 1. The van der Waals surface area contributed by atoms with Crippen molar-refractivity contribution in [1.29, 1.82) is 0 Å². The Morgan fingerprint density at radius 1 is 1.30 bits per heavy atom. The summed E-state index contributed by atoms with van der Waals surface area (Å²) in [6.07, 6.45) is 3.51. The van der Waals surface area contributed by atoms with E-state index in [0.29, 0.717) is 24.8 Å². The topological polar surface area (TPSA) is 60.9 Å². The number of esters is 1. The second-order valence-electron chi connectivity index (χ2n) is 5.37. The molecule has 1 aromatic rings. The first-order valence-corrected chi connectivity index (χ1v) is 8.19. The number of aromatic nitrogens is 1. The van der Waals surface area contributed by atoms with Gasteiger partial charge in [0.05, 0.1) is 31.3 Å². The van der Waals surface area contributed by atoms with Crippen LogP contribution in [0, 0.1) is 0 Å². The lowest BCUT2D eigenvalue weighted by atomic mass is 10.1. The van der Waals surface area contributed by atoms with Crippen LogP contribution >= 0.6 is 11.6 Å². The van der Waals surface area contributed by atoms with Gasteiger partial charge in [0.1, 0.15) is 11.9 Å². The first-order valence-electron chi connectivity index (χ1n) is 7.81. The number of ether oxygens (including phenoxy) is 3. The lowest BCUT2D eigenvalue weighted by molar-refractivity contribution is -0.151. The largest absolute Gasteiger partial charge is 0.462 e. The zero-order valence-electron chi connectivity index (χ0n) is 13.4. The molecule has 7 heteroatoms. The SMILES string of the molecule is COCCOCCC(=O)OC1CCN(c2ccc(Cl)cn2)CC1. The molecular formula is C16H23ClN2O4. The fourth-order valence-electron chi connectivity index (χ4n) is 2.40. The predicted molar refractivity (Wildman–Crippen MR) is 87.9 cm³/mol. The van der Waals surface area contributed by atoms with Crippen LogP contribution in [-0.4, -0.2) is 57.1 Å². The smallest absolute Gasteiger partial charge is 0.308 e. The second kappa shape index (κ2) is 9.70. The average Bonchev–Trinajstić information content (AvgIpc) is 2.56. The van der Waals surface area contributed by atoms with Gasteiger partial charge in [-0.3, -0.25) is 4.79 Å². The van der Waals surface area contributed by atoms with E-state index in [4.69, 9.17) is 25.8 Å². The van der Waals surface area contributed by atoms with Gasteiger partial charge in [-0.25, -0.2) is 4.98 Å². The zero-order valence-corrected chi connectivity index (χ0v) is 14.1. The molecule has 1 saturated heterocycles. The Bertz CT molecular complexity index is 475. The van der Waals surface area contributed by atoms with Gasteiger partial charge >= 0.3 is 5.97 Å². The molecule has 128 valence electrons. The van der Waals surface area contributed by atoms with Crippen LogP contribution in [0.1, 0.15) is 19.3 Å². The second-order valence-corrected chi connectivity index (χ2v) is 5.80. The molecule has 0 bridgehead atoms. The molecule has 1 aliphatic rings. The van der Waals surface area contributed by atoms with Gasteiger partial charge in [0, 0.05) is 39.2 Å². The Morgan fingerprint density at radius 2 is 2.09 bits per heavy atom. The summed E-state index contributed by atoms with van der Waals surface area (Å²) < 4.78 is 15.6. The minimum atomic E-state index is -0.203. The Labute approximate surface area is 141 Å². The highest BCUT2D eigenvalue weighted by molar-refractivity contribution is 6.30. The van der Waals surface area contributed by atoms with Crippen molar-refractivity contribution in [3.63, 3.8) is 0 Å². The molecule has 0 atom stereocenters. The Balaban J connectivity index is 1.64. The third-order valence-corrected chi connectivity index (χ3v) is 3.88. The van der Waals surface area contributed by atoms with Crippen molar-refractivity contribution in [3.8, 4) is 0 Å². The van der Waals surface area contributed by atoms with Crippen molar-refractivity contribution in [2.45, 2.75) is 25.4 Å². The number of methoxy groups -OCH3 is 1. The number of hydrogen-bond donors (Lipinski definition) is 0. The van der Waals surface area contributed by atoms with E-state index in [2.05, 4.69) is 9.88 Å². The average molecular weight is 343 g/mol. The number of carbonyl (C=O) groups excluding carboxylic acids is 1. The van der Waals surface area contributed by atoms with Gasteiger partial charge < -0.3 is 19.1 Å². The van der Waals surface area contributed by atoms with E-state index in [1.807, 2.05) is 12.1 Å². The predicted octanol–water partition coefficient (Wildman–Crippen LogP) is 2.30.